The van der Waals surface area contributed by atoms with E-state index in [1.54, 1.807) is 38.1 Å². The standard InChI is InChI=1S/C26H33N3O7S/c1-4-37(32,33)28-18-7-12-23-21(13-18)26(31)29(2)22-11-10-20(36-24(22)16-35-23)14-25(30)27-15-17-5-8-19(34-3)9-6-17/h5-9,12-13,20,22,24,28H,4,10-11,14-16H2,1-3H3,(H,27,30)/t20-,22+,24-/m1/s1. The predicted molar refractivity (Wildman–Crippen MR) is 138 cm³/mol. The number of amides is 2. The monoisotopic (exact) mass is 531 g/mol. The summed E-state index contributed by atoms with van der Waals surface area (Å²) in [6.45, 7) is 2.16. The zero-order valence-corrected chi connectivity index (χ0v) is 22.0. The number of fused-ring (bicyclic) bond motifs is 2. The van der Waals surface area contributed by atoms with Crippen LogP contribution in [0.1, 0.15) is 42.1 Å². The first kappa shape index (κ1) is 26.7. The zero-order valence-electron chi connectivity index (χ0n) is 21.2. The van der Waals surface area contributed by atoms with E-state index in [-0.39, 0.29) is 48.3 Å². The molecule has 0 unspecified atom stereocenters. The highest BCUT2D eigenvalue weighted by Crippen LogP contribution is 2.32. The molecule has 1 fully saturated rings. The maximum absolute atomic E-state index is 13.3. The average molecular weight is 532 g/mol. The number of carbonyl (C=O) groups is 2. The third-order valence-electron chi connectivity index (χ3n) is 6.73. The Bertz CT molecular complexity index is 1230. The van der Waals surface area contributed by atoms with Crippen LogP contribution in [0, 0.1) is 0 Å². The van der Waals surface area contributed by atoms with Crippen LogP contribution in [0.2, 0.25) is 0 Å². The molecule has 1 saturated heterocycles. The summed E-state index contributed by atoms with van der Waals surface area (Å²) in [6, 6.07) is 11.9. The Hall–Kier alpha value is -3.31. The molecule has 10 nitrogen and oxygen atoms in total. The van der Waals surface area contributed by atoms with E-state index in [1.165, 1.54) is 6.07 Å². The zero-order chi connectivity index (χ0) is 26.6. The fourth-order valence-electron chi connectivity index (χ4n) is 4.57. The number of sulfonamides is 1. The van der Waals surface area contributed by atoms with Gasteiger partial charge in [-0.3, -0.25) is 14.3 Å². The van der Waals surface area contributed by atoms with Gasteiger partial charge in [0.05, 0.1) is 37.0 Å². The SMILES string of the molecule is CCS(=O)(=O)Nc1ccc2c(c1)C(=O)N(C)[C@H]1CC[C@H](CC(=O)NCc3ccc(OC)cc3)O[C@@H]1CO2. The van der Waals surface area contributed by atoms with Gasteiger partial charge in [-0.1, -0.05) is 12.1 Å². The van der Waals surface area contributed by atoms with Crippen LogP contribution in [-0.2, 0) is 26.1 Å². The number of ether oxygens (including phenoxy) is 3. The molecule has 0 saturated carbocycles. The maximum Gasteiger partial charge on any atom is 0.257 e. The van der Waals surface area contributed by atoms with E-state index in [4.69, 9.17) is 14.2 Å². The highest BCUT2D eigenvalue weighted by molar-refractivity contribution is 7.92. The number of carbonyl (C=O) groups excluding carboxylic acids is 2. The number of anilines is 1. The molecule has 0 bridgehead atoms. The van der Waals surface area contributed by atoms with E-state index in [0.29, 0.717) is 30.8 Å². The van der Waals surface area contributed by atoms with Gasteiger partial charge in [0.15, 0.2) is 0 Å². The summed E-state index contributed by atoms with van der Waals surface area (Å²) in [5.74, 6) is 0.660. The molecular formula is C26H33N3O7S. The lowest BCUT2D eigenvalue weighted by molar-refractivity contribution is -0.134. The van der Waals surface area contributed by atoms with Gasteiger partial charge < -0.3 is 24.4 Å². The molecule has 2 aliphatic rings. The van der Waals surface area contributed by atoms with Crippen molar-refractivity contribution in [1.29, 1.82) is 0 Å². The summed E-state index contributed by atoms with van der Waals surface area (Å²) in [7, 11) is -0.160. The normalized spacial score (nSPS) is 21.5. The third-order valence-corrected chi connectivity index (χ3v) is 8.03. The Balaban J connectivity index is 1.37. The van der Waals surface area contributed by atoms with E-state index >= 15 is 0 Å². The van der Waals surface area contributed by atoms with Crippen LogP contribution in [0.3, 0.4) is 0 Å². The number of hydrogen-bond donors (Lipinski definition) is 2. The first-order chi connectivity index (χ1) is 17.7. The molecule has 11 heteroatoms. The van der Waals surface area contributed by atoms with Gasteiger partial charge in [-0.25, -0.2) is 8.42 Å². The van der Waals surface area contributed by atoms with Gasteiger partial charge in [-0.05, 0) is 55.7 Å². The summed E-state index contributed by atoms with van der Waals surface area (Å²) in [4.78, 5) is 27.5. The van der Waals surface area contributed by atoms with E-state index < -0.39 is 16.1 Å². The van der Waals surface area contributed by atoms with Crippen LogP contribution in [-0.4, -0.2) is 69.9 Å². The topological polar surface area (TPSA) is 123 Å². The Labute approximate surface area is 217 Å². The van der Waals surface area contributed by atoms with Crippen LogP contribution in [0.4, 0.5) is 5.69 Å². The quantitative estimate of drug-likeness (QED) is 0.537. The lowest BCUT2D eigenvalue weighted by Crippen LogP contribution is -2.53. The fourth-order valence-corrected chi connectivity index (χ4v) is 5.20. The summed E-state index contributed by atoms with van der Waals surface area (Å²) in [5, 5.41) is 2.93. The highest BCUT2D eigenvalue weighted by Gasteiger charge is 2.39. The average Bonchev–Trinajstić information content (AvgIpc) is 2.90. The number of benzene rings is 2. The highest BCUT2D eigenvalue weighted by atomic mass is 32.2. The van der Waals surface area contributed by atoms with E-state index in [2.05, 4.69) is 10.0 Å². The van der Waals surface area contributed by atoms with Gasteiger partial charge in [0.2, 0.25) is 15.9 Å². The molecule has 2 aliphatic heterocycles. The number of likely N-dealkylation sites (N-methyl/N-ethyl adjacent to an activating group) is 1. The van der Waals surface area contributed by atoms with Crippen LogP contribution in [0.15, 0.2) is 42.5 Å². The van der Waals surface area contributed by atoms with Crippen molar-refractivity contribution in [2.45, 2.75) is 51.0 Å². The van der Waals surface area contributed by atoms with Gasteiger partial charge in [-0.15, -0.1) is 0 Å². The molecule has 3 atom stereocenters. The lowest BCUT2D eigenvalue weighted by atomic mass is 9.94. The van der Waals surface area contributed by atoms with Crippen molar-refractivity contribution in [2.75, 3.05) is 31.2 Å². The molecule has 2 N–H and O–H groups in total. The van der Waals surface area contributed by atoms with Crippen molar-refractivity contribution in [3.63, 3.8) is 0 Å². The minimum atomic E-state index is -3.48. The van der Waals surface area contributed by atoms with Crippen molar-refractivity contribution >= 4 is 27.5 Å². The van der Waals surface area contributed by atoms with Crippen molar-refractivity contribution in [2.24, 2.45) is 0 Å². The summed E-state index contributed by atoms with van der Waals surface area (Å²) < 4.78 is 43.7. The van der Waals surface area contributed by atoms with Crippen molar-refractivity contribution < 1.29 is 32.2 Å². The van der Waals surface area contributed by atoms with E-state index in [0.717, 1.165) is 11.3 Å². The first-order valence-corrected chi connectivity index (χ1v) is 13.9. The molecule has 37 heavy (non-hydrogen) atoms. The largest absolute Gasteiger partial charge is 0.497 e. The molecule has 2 amide bonds. The van der Waals surface area contributed by atoms with Crippen molar-refractivity contribution in [1.82, 2.24) is 10.2 Å². The molecule has 2 aromatic carbocycles. The Kier molecular flexibility index (Phi) is 8.23. The minimum absolute atomic E-state index is 0.0732. The van der Waals surface area contributed by atoms with Gasteiger partial charge in [0.1, 0.15) is 24.2 Å². The third kappa shape index (κ3) is 6.53. The van der Waals surface area contributed by atoms with Gasteiger partial charge in [-0.2, -0.15) is 0 Å². The first-order valence-electron chi connectivity index (χ1n) is 12.3. The van der Waals surface area contributed by atoms with Crippen molar-refractivity contribution in [3.05, 3.63) is 53.6 Å². The second-order valence-corrected chi connectivity index (χ2v) is 11.2. The minimum Gasteiger partial charge on any atom is -0.497 e. The lowest BCUT2D eigenvalue weighted by Gasteiger charge is -2.42. The van der Waals surface area contributed by atoms with Crippen molar-refractivity contribution in [3.8, 4) is 11.5 Å². The molecule has 0 radical (unpaired) electrons. The summed E-state index contributed by atoms with van der Waals surface area (Å²) in [5.41, 5.74) is 1.57. The van der Waals surface area contributed by atoms with Gasteiger partial charge in [0, 0.05) is 19.3 Å². The predicted octanol–water partition coefficient (Wildman–Crippen LogP) is 2.54. The van der Waals surface area contributed by atoms with Gasteiger partial charge >= 0.3 is 0 Å². The number of nitrogens with zero attached hydrogens (tertiary/aromatic N) is 1. The maximum atomic E-state index is 13.3. The summed E-state index contributed by atoms with van der Waals surface area (Å²) in [6.07, 6.45) is 0.818. The molecule has 0 aliphatic carbocycles. The molecule has 2 aromatic rings. The Morgan fingerprint density at radius 2 is 1.92 bits per heavy atom. The van der Waals surface area contributed by atoms with Crippen LogP contribution in [0.25, 0.3) is 0 Å². The second-order valence-electron chi connectivity index (χ2n) is 9.21. The smallest absolute Gasteiger partial charge is 0.257 e. The van der Waals surface area contributed by atoms with Gasteiger partial charge in [0.25, 0.3) is 5.91 Å². The number of nitrogens with one attached hydrogen (secondary N) is 2. The van der Waals surface area contributed by atoms with Crippen LogP contribution < -0.4 is 19.5 Å². The Morgan fingerprint density at radius 3 is 2.62 bits per heavy atom. The molecule has 0 aromatic heterocycles. The number of methoxy groups -OCH3 is 1. The van der Waals surface area contributed by atoms with Crippen LogP contribution in [0.5, 0.6) is 11.5 Å². The molecule has 2 heterocycles. The van der Waals surface area contributed by atoms with Crippen LogP contribution >= 0.6 is 0 Å². The fraction of sp³-hybridized carbons (Fsp3) is 0.462. The molecular weight excluding hydrogens is 498 g/mol. The number of hydrogen-bond acceptors (Lipinski definition) is 7. The van der Waals surface area contributed by atoms with E-state index in [9.17, 15) is 18.0 Å². The second kappa shape index (κ2) is 11.4. The molecule has 0 spiro atoms. The van der Waals surface area contributed by atoms with E-state index in [1.807, 2.05) is 24.3 Å². The Morgan fingerprint density at radius 1 is 1.16 bits per heavy atom. The molecule has 200 valence electrons. The summed E-state index contributed by atoms with van der Waals surface area (Å²) >= 11 is 0. The number of rotatable bonds is 8. The molecule has 4 rings (SSSR count).